The molecule has 3 nitrogen and oxygen atoms in total. The normalized spacial score (nSPS) is 28.2. The predicted molar refractivity (Wildman–Crippen MR) is 84.1 cm³/mol. The molecule has 2 aliphatic rings. The first-order chi connectivity index (χ1) is 10.1. The highest BCUT2D eigenvalue weighted by molar-refractivity contribution is 6.00. The van der Waals surface area contributed by atoms with E-state index in [1.807, 2.05) is 26.0 Å². The fraction of sp³-hybridized carbons (Fsp3) is 0.611. The molecule has 1 N–H and O–H groups in total. The van der Waals surface area contributed by atoms with Crippen LogP contribution >= 0.6 is 0 Å². The van der Waals surface area contributed by atoms with E-state index in [2.05, 4.69) is 5.32 Å². The van der Waals surface area contributed by atoms with Gasteiger partial charge in [0.15, 0.2) is 5.78 Å². The Labute approximate surface area is 127 Å². The Bertz CT molecular complexity index is 517. The van der Waals surface area contributed by atoms with Crippen molar-refractivity contribution in [3.05, 3.63) is 28.8 Å². The second-order valence-corrected chi connectivity index (χ2v) is 6.66. The number of ketones is 1. The molecule has 0 amide bonds. The Morgan fingerprint density at radius 2 is 1.71 bits per heavy atom. The van der Waals surface area contributed by atoms with Crippen LogP contribution < -0.4 is 10.1 Å². The molecule has 3 rings (SSSR count). The summed E-state index contributed by atoms with van der Waals surface area (Å²) in [5, 5.41) is 3.66. The van der Waals surface area contributed by atoms with Gasteiger partial charge in [-0.25, -0.2) is 0 Å². The van der Waals surface area contributed by atoms with Gasteiger partial charge >= 0.3 is 0 Å². The molecule has 2 unspecified atom stereocenters. The van der Waals surface area contributed by atoms with Crippen molar-refractivity contribution in [2.75, 3.05) is 7.11 Å². The first-order valence-electron chi connectivity index (χ1n) is 8.04. The van der Waals surface area contributed by atoms with Crippen molar-refractivity contribution in [2.24, 2.45) is 5.92 Å². The lowest BCUT2D eigenvalue weighted by Crippen LogP contribution is -2.50. The van der Waals surface area contributed by atoms with E-state index in [0.717, 1.165) is 35.3 Å². The number of carbonyl (C=O) groups is 1. The zero-order valence-corrected chi connectivity index (χ0v) is 13.2. The van der Waals surface area contributed by atoms with Crippen LogP contribution in [-0.2, 0) is 0 Å². The molecule has 0 saturated carbocycles. The SMILES string of the molecule is COc1cc(C)c(C(=O)C2CC3CCCC(C2)N3)c(C)c1. The fourth-order valence-corrected chi connectivity index (χ4v) is 4.11. The van der Waals surface area contributed by atoms with Crippen LogP contribution in [0.25, 0.3) is 0 Å². The fourth-order valence-electron chi connectivity index (χ4n) is 4.11. The van der Waals surface area contributed by atoms with Gasteiger partial charge in [0.2, 0.25) is 0 Å². The summed E-state index contributed by atoms with van der Waals surface area (Å²) in [7, 11) is 1.67. The third-order valence-electron chi connectivity index (χ3n) is 5.07. The number of Topliss-reactive ketones (excluding diaryl/α,β-unsaturated/α-hetero) is 1. The van der Waals surface area contributed by atoms with Crippen LogP contribution in [0.2, 0.25) is 0 Å². The third-order valence-corrected chi connectivity index (χ3v) is 5.07. The summed E-state index contributed by atoms with van der Waals surface area (Å²) in [4.78, 5) is 13.0. The van der Waals surface area contributed by atoms with Crippen LogP contribution in [0.3, 0.4) is 0 Å². The zero-order valence-electron chi connectivity index (χ0n) is 13.2. The first-order valence-corrected chi connectivity index (χ1v) is 8.04. The number of nitrogens with one attached hydrogen (secondary N) is 1. The minimum Gasteiger partial charge on any atom is -0.497 e. The van der Waals surface area contributed by atoms with Gasteiger partial charge in [-0.05, 0) is 62.8 Å². The predicted octanol–water partition coefficient (Wildman–Crippen LogP) is 3.42. The molecule has 0 radical (unpaired) electrons. The molecule has 3 heteroatoms. The number of piperidine rings is 2. The maximum absolute atomic E-state index is 13.0. The summed E-state index contributed by atoms with van der Waals surface area (Å²) in [5.74, 6) is 1.36. The van der Waals surface area contributed by atoms with Gasteiger partial charge in [0.25, 0.3) is 0 Å². The van der Waals surface area contributed by atoms with E-state index in [1.54, 1.807) is 7.11 Å². The van der Waals surface area contributed by atoms with E-state index >= 15 is 0 Å². The van der Waals surface area contributed by atoms with Crippen molar-refractivity contribution in [3.8, 4) is 5.75 Å². The Morgan fingerprint density at radius 1 is 1.14 bits per heavy atom. The number of ether oxygens (including phenoxy) is 1. The summed E-state index contributed by atoms with van der Waals surface area (Å²) in [6, 6.07) is 5.04. The molecule has 2 saturated heterocycles. The average Bonchev–Trinajstić information content (AvgIpc) is 2.45. The number of hydrogen-bond donors (Lipinski definition) is 1. The summed E-state index contributed by atoms with van der Waals surface area (Å²) in [6.07, 6.45) is 5.76. The molecule has 2 heterocycles. The van der Waals surface area contributed by atoms with Gasteiger partial charge in [-0.2, -0.15) is 0 Å². The van der Waals surface area contributed by atoms with E-state index in [1.165, 1.54) is 19.3 Å². The zero-order chi connectivity index (χ0) is 15.0. The third kappa shape index (κ3) is 2.84. The second kappa shape index (κ2) is 5.80. The van der Waals surface area contributed by atoms with E-state index < -0.39 is 0 Å². The lowest BCUT2D eigenvalue weighted by atomic mass is 9.76. The van der Waals surface area contributed by atoms with Crippen LogP contribution in [0.5, 0.6) is 5.75 Å². The van der Waals surface area contributed by atoms with Crippen LogP contribution in [0.4, 0.5) is 0 Å². The van der Waals surface area contributed by atoms with Crippen molar-refractivity contribution in [2.45, 2.75) is 58.0 Å². The lowest BCUT2D eigenvalue weighted by Gasteiger charge is -2.40. The van der Waals surface area contributed by atoms with Gasteiger partial charge in [0, 0.05) is 23.6 Å². The van der Waals surface area contributed by atoms with Gasteiger partial charge in [0.05, 0.1) is 7.11 Å². The van der Waals surface area contributed by atoms with Crippen molar-refractivity contribution < 1.29 is 9.53 Å². The Kier molecular flexibility index (Phi) is 4.03. The van der Waals surface area contributed by atoms with Crippen LogP contribution in [0.15, 0.2) is 12.1 Å². The molecule has 0 aliphatic carbocycles. The molecule has 114 valence electrons. The Morgan fingerprint density at radius 3 is 2.24 bits per heavy atom. The summed E-state index contributed by atoms with van der Waals surface area (Å²) in [5.41, 5.74) is 3.00. The molecule has 21 heavy (non-hydrogen) atoms. The maximum Gasteiger partial charge on any atom is 0.166 e. The van der Waals surface area contributed by atoms with Gasteiger partial charge in [-0.15, -0.1) is 0 Å². The number of fused-ring (bicyclic) bond motifs is 2. The van der Waals surface area contributed by atoms with E-state index in [-0.39, 0.29) is 5.92 Å². The molecule has 2 aliphatic heterocycles. The molecule has 2 atom stereocenters. The van der Waals surface area contributed by atoms with Crippen molar-refractivity contribution >= 4 is 5.78 Å². The van der Waals surface area contributed by atoms with Crippen molar-refractivity contribution in [3.63, 3.8) is 0 Å². The van der Waals surface area contributed by atoms with E-state index in [4.69, 9.17) is 4.74 Å². The number of aryl methyl sites for hydroxylation is 2. The highest BCUT2D eigenvalue weighted by Gasteiger charge is 2.35. The standard InChI is InChI=1S/C18H25NO2/c1-11-7-16(21-3)8-12(2)17(11)18(20)13-9-14-5-4-6-15(10-13)19-14/h7-8,13-15,19H,4-6,9-10H2,1-3H3. The van der Waals surface area contributed by atoms with Crippen LogP contribution in [0.1, 0.15) is 53.6 Å². The van der Waals surface area contributed by atoms with E-state index in [9.17, 15) is 4.79 Å². The molecule has 0 aromatic heterocycles. The highest BCUT2D eigenvalue weighted by Crippen LogP contribution is 2.33. The smallest absolute Gasteiger partial charge is 0.166 e. The number of methoxy groups -OCH3 is 1. The number of benzene rings is 1. The molecule has 1 aromatic carbocycles. The average molecular weight is 287 g/mol. The monoisotopic (exact) mass is 287 g/mol. The highest BCUT2D eigenvalue weighted by atomic mass is 16.5. The summed E-state index contributed by atoms with van der Waals surface area (Å²) in [6.45, 7) is 4.04. The molecule has 2 fully saturated rings. The van der Waals surface area contributed by atoms with Gasteiger partial charge < -0.3 is 10.1 Å². The molecule has 2 bridgehead atoms. The largest absolute Gasteiger partial charge is 0.497 e. The first kappa shape index (κ1) is 14.6. The molecular weight excluding hydrogens is 262 g/mol. The van der Waals surface area contributed by atoms with Crippen molar-refractivity contribution in [1.82, 2.24) is 5.32 Å². The summed E-state index contributed by atoms with van der Waals surface area (Å²) < 4.78 is 5.30. The molecule has 1 aromatic rings. The van der Waals surface area contributed by atoms with Crippen LogP contribution in [-0.4, -0.2) is 25.0 Å². The Balaban J connectivity index is 1.85. The molecule has 0 spiro atoms. The number of rotatable bonds is 3. The van der Waals surface area contributed by atoms with Gasteiger partial charge in [-0.1, -0.05) is 6.42 Å². The quantitative estimate of drug-likeness (QED) is 0.866. The number of hydrogen-bond acceptors (Lipinski definition) is 3. The number of carbonyl (C=O) groups excluding carboxylic acids is 1. The van der Waals surface area contributed by atoms with Gasteiger partial charge in [0.1, 0.15) is 5.75 Å². The van der Waals surface area contributed by atoms with Crippen molar-refractivity contribution in [1.29, 1.82) is 0 Å². The molecular formula is C18H25NO2. The minimum atomic E-state index is 0.187. The Hall–Kier alpha value is -1.35. The summed E-state index contributed by atoms with van der Waals surface area (Å²) >= 11 is 0. The maximum atomic E-state index is 13.0. The minimum absolute atomic E-state index is 0.187. The van der Waals surface area contributed by atoms with Crippen LogP contribution in [0, 0.1) is 19.8 Å². The topological polar surface area (TPSA) is 38.3 Å². The van der Waals surface area contributed by atoms with Gasteiger partial charge in [-0.3, -0.25) is 4.79 Å². The van der Waals surface area contributed by atoms with E-state index in [0.29, 0.717) is 17.9 Å². The second-order valence-electron chi connectivity index (χ2n) is 6.66. The lowest BCUT2D eigenvalue weighted by molar-refractivity contribution is 0.0824.